The van der Waals surface area contributed by atoms with Crippen LogP contribution in [0.5, 0.6) is 0 Å². The predicted molar refractivity (Wildman–Crippen MR) is 343 cm³/mol. The van der Waals surface area contributed by atoms with Crippen LogP contribution in [0, 0.1) is 0 Å². The van der Waals surface area contributed by atoms with Crippen molar-refractivity contribution in [3.05, 3.63) is 36.5 Å². The summed E-state index contributed by atoms with van der Waals surface area (Å²) in [5, 5.41) is 23.3. The SMILES string of the molecule is CCC/C=C\C/C=C\CCCCCCCC(=O)OCCCCCCCCCCCCCCCCCCCCCCCCCCCCC(=O)NC(CO)C(O)/C=C/CCCCCCCCCCCCCCCCCCCCCC. The van der Waals surface area contributed by atoms with Crippen molar-refractivity contribution >= 4 is 11.9 Å². The van der Waals surface area contributed by atoms with Crippen LogP contribution in [0.15, 0.2) is 36.5 Å². The fourth-order valence-corrected chi connectivity index (χ4v) is 11.0. The number of aliphatic hydroxyl groups is 2. The third-order valence-corrected chi connectivity index (χ3v) is 16.4. The van der Waals surface area contributed by atoms with E-state index >= 15 is 0 Å². The molecule has 0 aromatic carbocycles. The normalized spacial score (nSPS) is 12.7. The van der Waals surface area contributed by atoms with Crippen LogP contribution in [-0.4, -0.2) is 47.4 Å². The maximum absolute atomic E-state index is 12.5. The van der Waals surface area contributed by atoms with Crippen LogP contribution < -0.4 is 5.32 Å². The van der Waals surface area contributed by atoms with E-state index in [1.165, 1.54) is 308 Å². The van der Waals surface area contributed by atoms with Gasteiger partial charge in [0.05, 0.1) is 25.4 Å². The topological polar surface area (TPSA) is 95.9 Å². The lowest BCUT2D eigenvalue weighted by Gasteiger charge is -2.20. The van der Waals surface area contributed by atoms with E-state index in [1.807, 2.05) is 6.08 Å². The van der Waals surface area contributed by atoms with Gasteiger partial charge in [0.25, 0.3) is 0 Å². The summed E-state index contributed by atoms with van der Waals surface area (Å²) in [7, 11) is 0. The first kappa shape index (κ1) is 76.1. The molecule has 78 heavy (non-hydrogen) atoms. The highest BCUT2D eigenvalue weighted by Crippen LogP contribution is 2.19. The number of rotatable bonds is 66. The molecule has 0 aliphatic rings. The first-order chi connectivity index (χ1) is 38.5. The van der Waals surface area contributed by atoms with Gasteiger partial charge in [-0.25, -0.2) is 0 Å². The minimum absolute atomic E-state index is 0.00187. The molecule has 0 spiro atoms. The lowest BCUT2D eigenvalue weighted by atomic mass is 10.0. The molecule has 0 saturated carbocycles. The van der Waals surface area contributed by atoms with Gasteiger partial charge in [-0.3, -0.25) is 9.59 Å². The van der Waals surface area contributed by atoms with Crippen LogP contribution in [0.2, 0.25) is 0 Å². The van der Waals surface area contributed by atoms with Crippen LogP contribution in [0.25, 0.3) is 0 Å². The molecule has 3 N–H and O–H groups in total. The Bertz CT molecular complexity index is 1260. The van der Waals surface area contributed by atoms with E-state index in [0.717, 1.165) is 51.4 Å². The molecule has 2 atom stereocenters. The van der Waals surface area contributed by atoms with Crippen molar-refractivity contribution in [3.63, 3.8) is 0 Å². The van der Waals surface area contributed by atoms with Crippen molar-refractivity contribution in [2.75, 3.05) is 13.2 Å². The molecule has 6 nitrogen and oxygen atoms in total. The van der Waals surface area contributed by atoms with E-state index in [4.69, 9.17) is 4.74 Å². The van der Waals surface area contributed by atoms with E-state index in [9.17, 15) is 19.8 Å². The number of hydrogen-bond donors (Lipinski definition) is 3. The largest absolute Gasteiger partial charge is 0.466 e. The van der Waals surface area contributed by atoms with E-state index in [1.54, 1.807) is 6.08 Å². The second-order valence-corrected chi connectivity index (χ2v) is 24.2. The van der Waals surface area contributed by atoms with Crippen molar-refractivity contribution in [2.45, 2.75) is 398 Å². The van der Waals surface area contributed by atoms with Gasteiger partial charge in [-0.15, -0.1) is 0 Å². The Hall–Kier alpha value is -1.92. The first-order valence-corrected chi connectivity index (χ1v) is 35.3. The highest BCUT2D eigenvalue weighted by atomic mass is 16.5. The Morgan fingerprint density at radius 2 is 0.667 bits per heavy atom. The number of carbonyl (C=O) groups excluding carboxylic acids is 2. The number of carbonyl (C=O) groups is 2. The summed E-state index contributed by atoms with van der Waals surface area (Å²) in [6.45, 7) is 4.87. The standard InChI is InChI=1S/C72H137NO5/c1-3-5-7-9-11-13-15-17-18-19-20-21-28-31-34-37-41-44-48-52-56-60-64-70(75)69(68-74)73-71(76)65-61-57-53-49-45-42-38-35-32-29-26-24-22-23-25-27-30-33-36-39-43-47-51-55-59-63-67-78-72(77)66-62-58-54-50-46-40-16-14-12-10-8-6-4-2/h8,10,14,16,60,64,69-70,74-75H,3-7,9,11-13,15,17-59,61-63,65-68H2,1-2H3,(H,73,76)/b10-8-,16-14-,64-60+. The van der Waals surface area contributed by atoms with Crippen molar-refractivity contribution in [2.24, 2.45) is 0 Å². The van der Waals surface area contributed by atoms with Crippen molar-refractivity contribution in [1.29, 1.82) is 0 Å². The van der Waals surface area contributed by atoms with Gasteiger partial charge in [0.2, 0.25) is 5.91 Å². The number of nitrogens with one attached hydrogen (secondary N) is 1. The van der Waals surface area contributed by atoms with E-state index in [-0.39, 0.29) is 18.5 Å². The molecule has 0 aromatic heterocycles. The molecule has 1 amide bonds. The lowest BCUT2D eigenvalue weighted by Crippen LogP contribution is -2.45. The summed E-state index contributed by atoms with van der Waals surface area (Å²) in [5.74, 6) is -0.0601. The van der Waals surface area contributed by atoms with Crippen LogP contribution >= 0.6 is 0 Å². The third-order valence-electron chi connectivity index (χ3n) is 16.4. The molecule has 0 bridgehead atoms. The number of hydrogen-bond acceptors (Lipinski definition) is 5. The van der Waals surface area contributed by atoms with Crippen molar-refractivity contribution in [1.82, 2.24) is 5.32 Å². The number of esters is 1. The second kappa shape index (κ2) is 67.6. The number of aliphatic hydroxyl groups excluding tert-OH is 2. The first-order valence-electron chi connectivity index (χ1n) is 35.3. The van der Waals surface area contributed by atoms with Crippen LogP contribution in [0.4, 0.5) is 0 Å². The predicted octanol–water partition coefficient (Wildman–Crippen LogP) is 22.7. The minimum atomic E-state index is -0.844. The summed E-state index contributed by atoms with van der Waals surface area (Å²) in [6, 6.07) is -0.627. The summed E-state index contributed by atoms with van der Waals surface area (Å²) < 4.78 is 5.48. The molecule has 0 heterocycles. The third kappa shape index (κ3) is 63.3. The Balaban J connectivity index is 3.39. The second-order valence-electron chi connectivity index (χ2n) is 24.2. The average molecular weight is 1100 g/mol. The van der Waals surface area contributed by atoms with Gasteiger partial charge in [-0.2, -0.15) is 0 Å². The molecule has 2 unspecified atom stereocenters. The summed E-state index contributed by atoms with van der Waals surface area (Å²) in [6.07, 6.45) is 86.5. The molecule has 0 fully saturated rings. The molecule has 0 saturated heterocycles. The molecule has 0 aliphatic heterocycles. The molecule has 0 rings (SSSR count). The summed E-state index contributed by atoms with van der Waals surface area (Å²) >= 11 is 0. The van der Waals surface area contributed by atoms with Gasteiger partial charge in [-0.05, 0) is 57.8 Å². The Morgan fingerprint density at radius 3 is 1.03 bits per heavy atom. The van der Waals surface area contributed by atoms with E-state index in [0.29, 0.717) is 19.4 Å². The fraction of sp³-hybridized carbons (Fsp3) is 0.889. The maximum Gasteiger partial charge on any atom is 0.305 e. The molecule has 0 aliphatic carbocycles. The minimum Gasteiger partial charge on any atom is -0.466 e. The zero-order chi connectivity index (χ0) is 56.4. The molecular weight excluding hydrogens is 959 g/mol. The highest BCUT2D eigenvalue weighted by molar-refractivity contribution is 5.76. The lowest BCUT2D eigenvalue weighted by molar-refractivity contribution is -0.143. The molecule has 6 heteroatoms. The molecule has 0 aromatic rings. The highest BCUT2D eigenvalue weighted by Gasteiger charge is 2.18. The van der Waals surface area contributed by atoms with Gasteiger partial charge in [0.1, 0.15) is 0 Å². The van der Waals surface area contributed by atoms with Crippen LogP contribution in [0.1, 0.15) is 386 Å². The average Bonchev–Trinajstić information content (AvgIpc) is 3.44. The quantitative estimate of drug-likeness (QED) is 0.0320. The zero-order valence-electron chi connectivity index (χ0n) is 52.7. The van der Waals surface area contributed by atoms with Gasteiger partial charge in [-0.1, -0.05) is 352 Å². The molecule has 0 radical (unpaired) electrons. The van der Waals surface area contributed by atoms with Gasteiger partial charge in [0.15, 0.2) is 0 Å². The smallest absolute Gasteiger partial charge is 0.305 e. The van der Waals surface area contributed by atoms with Gasteiger partial charge >= 0.3 is 5.97 Å². The maximum atomic E-state index is 12.5. The number of ether oxygens (including phenoxy) is 1. The van der Waals surface area contributed by atoms with Crippen LogP contribution in [0.3, 0.4) is 0 Å². The van der Waals surface area contributed by atoms with E-state index < -0.39 is 12.1 Å². The number of allylic oxidation sites excluding steroid dienone is 5. The fourth-order valence-electron chi connectivity index (χ4n) is 11.0. The Kier molecular flexibility index (Phi) is 65.9. The van der Waals surface area contributed by atoms with E-state index in [2.05, 4.69) is 43.5 Å². The summed E-state index contributed by atoms with van der Waals surface area (Å²) in [4.78, 5) is 24.6. The van der Waals surface area contributed by atoms with Crippen LogP contribution in [-0.2, 0) is 14.3 Å². The zero-order valence-corrected chi connectivity index (χ0v) is 52.7. The Morgan fingerprint density at radius 1 is 0.359 bits per heavy atom. The molecular formula is C72H137NO5. The summed E-state index contributed by atoms with van der Waals surface area (Å²) in [5.41, 5.74) is 0. The monoisotopic (exact) mass is 1100 g/mol. The van der Waals surface area contributed by atoms with Crippen molar-refractivity contribution in [3.8, 4) is 0 Å². The number of amides is 1. The Labute approximate surface area is 487 Å². The number of unbranched alkanes of at least 4 members (excludes halogenated alkanes) is 51. The van der Waals surface area contributed by atoms with Gasteiger partial charge < -0.3 is 20.3 Å². The molecule has 460 valence electrons. The van der Waals surface area contributed by atoms with Crippen molar-refractivity contribution < 1.29 is 24.5 Å². The van der Waals surface area contributed by atoms with Gasteiger partial charge in [0, 0.05) is 12.8 Å².